The molecule has 1 aliphatic carbocycles. The smallest absolute Gasteiger partial charge is 0.305 e. The van der Waals surface area contributed by atoms with Crippen LogP contribution in [0.5, 0.6) is 0 Å². The predicted molar refractivity (Wildman–Crippen MR) is 204 cm³/mol. The number of carbonyl (C=O) groups excluding carboxylic acids is 1. The first-order valence-corrected chi connectivity index (χ1v) is 19.9. The zero-order valence-electron chi connectivity index (χ0n) is 30.2. The number of benzene rings is 2. The number of anilines is 1. The number of allylic oxidation sites excluding steroid dienone is 8. The highest BCUT2D eigenvalue weighted by atomic mass is 35.5. The molecule has 2 heterocycles. The third-order valence-corrected chi connectivity index (χ3v) is 11.8. The zero-order chi connectivity index (χ0) is 36.1. The van der Waals surface area contributed by atoms with Crippen molar-refractivity contribution in [3.05, 3.63) is 106 Å². The fourth-order valence-corrected chi connectivity index (χ4v) is 8.59. The monoisotopic (exact) mass is 719 g/mol. The van der Waals surface area contributed by atoms with Crippen LogP contribution in [0.4, 0.5) is 11.4 Å². The molecule has 2 aromatic rings. The topological polar surface area (TPSA) is 86.9 Å². The van der Waals surface area contributed by atoms with Crippen molar-refractivity contribution in [3.8, 4) is 0 Å². The Morgan fingerprint density at radius 2 is 1.64 bits per heavy atom. The number of unbranched alkanes of at least 4 members (excludes halogenated alkanes) is 3. The normalized spacial score (nSPS) is 19.9. The minimum absolute atomic E-state index is 0.154. The Bertz CT molecular complexity index is 1870. The summed E-state index contributed by atoms with van der Waals surface area (Å²) in [5.74, 6) is -0.388. The highest BCUT2D eigenvalue weighted by Crippen LogP contribution is 2.48. The third-order valence-electron chi connectivity index (χ3n) is 10.5. The Hall–Kier alpha value is -3.46. The first kappa shape index (κ1) is 37.8. The van der Waals surface area contributed by atoms with Crippen LogP contribution in [0.1, 0.15) is 96.6 Å². The fourth-order valence-electron chi connectivity index (χ4n) is 7.70. The Morgan fingerprint density at radius 1 is 0.920 bits per heavy atom. The van der Waals surface area contributed by atoms with Gasteiger partial charge in [-0.2, -0.15) is 13.0 Å². The molecule has 2 aromatic carbocycles. The standard InChI is InChI=1S/C41H51ClN2O5S/c1-40(2)32-18-8-10-20-34(32)43(27-12-6-7-22-38(45)49-5)36(40)25-23-30-16-15-17-31(39(30)42)24-26-37-41(3,4)33-19-9-11-21-35(33)44(37)28-13-14-29-50(46,47)48/h8-11,18-21,23-26H,6-7,12-17,22,27-29H2,1-5H3/p+1. The summed E-state index contributed by atoms with van der Waals surface area (Å²) < 4.78 is 39.1. The van der Waals surface area contributed by atoms with Crippen molar-refractivity contribution in [1.82, 2.24) is 0 Å². The SMILES string of the molecule is COC(=O)CCCCC[N+]1=C(C=CC2=C(Cl)C(=CC=C3N(CCCCS(=O)(=O)O)c4ccccc4C3(C)C)CCC2)C(C)(C)c2ccccc21. The molecule has 0 radical (unpaired) electrons. The molecule has 268 valence electrons. The highest BCUT2D eigenvalue weighted by Gasteiger charge is 2.44. The number of nitrogens with zero attached hydrogens (tertiary/aromatic N) is 2. The van der Waals surface area contributed by atoms with Gasteiger partial charge in [0.25, 0.3) is 10.1 Å². The molecule has 0 amide bonds. The molecular weight excluding hydrogens is 668 g/mol. The quantitative estimate of drug-likeness (QED) is 0.0907. The van der Waals surface area contributed by atoms with Crippen LogP contribution in [-0.4, -0.2) is 55.2 Å². The van der Waals surface area contributed by atoms with Gasteiger partial charge in [-0.15, -0.1) is 0 Å². The number of rotatable bonds is 14. The number of para-hydroxylation sites is 2. The maximum Gasteiger partial charge on any atom is 0.305 e. The van der Waals surface area contributed by atoms with Gasteiger partial charge in [0.2, 0.25) is 5.69 Å². The molecule has 50 heavy (non-hydrogen) atoms. The van der Waals surface area contributed by atoms with E-state index in [9.17, 15) is 17.8 Å². The molecule has 0 fully saturated rings. The van der Waals surface area contributed by atoms with Crippen LogP contribution in [0.2, 0.25) is 0 Å². The maximum absolute atomic E-state index is 11.6. The van der Waals surface area contributed by atoms with Crippen molar-refractivity contribution in [1.29, 1.82) is 0 Å². The van der Waals surface area contributed by atoms with Crippen molar-refractivity contribution < 1.29 is 27.1 Å². The Balaban J connectivity index is 1.41. The van der Waals surface area contributed by atoms with E-state index in [4.69, 9.17) is 16.3 Å². The van der Waals surface area contributed by atoms with Gasteiger partial charge in [-0.05, 0) is 87.6 Å². The van der Waals surface area contributed by atoms with E-state index in [1.54, 1.807) is 0 Å². The minimum atomic E-state index is -3.98. The lowest BCUT2D eigenvalue weighted by Crippen LogP contribution is -2.28. The van der Waals surface area contributed by atoms with Gasteiger partial charge in [0.15, 0.2) is 5.71 Å². The molecule has 0 spiro atoms. The van der Waals surface area contributed by atoms with Crippen LogP contribution in [0.25, 0.3) is 0 Å². The summed E-state index contributed by atoms with van der Waals surface area (Å²) in [5.41, 5.74) is 9.15. The second kappa shape index (κ2) is 15.8. The molecule has 2 aliphatic heterocycles. The molecular formula is C41H52ClN2O5S+. The number of hydrogen-bond donors (Lipinski definition) is 1. The van der Waals surface area contributed by atoms with Crippen LogP contribution in [0.3, 0.4) is 0 Å². The van der Waals surface area contributed by atoms with Gasteiger partial charge < -0.3 is 9.64 Å². The maximum atomic E-state index is 11.6. The van der Waals surface area contributed by atoms with Crippen LogP contribution >= 0.6 is 11.6 Å². The molecule has 0 atom stereocenters. The Kier molecular flexibility index (Phi) is 12.0. The number of halogens is 1. The first-order valence-electron chi connectivity index (χ1n) is 17.9. The largest absolute Gasteiger partial charge is 0.469 e. The number of fused-ring (bicyclic) bond motifs is 2. The van der Waals surface area contributed by atoms with Crippen LogP contribution in [-0.2, 0) is 30.5 Å². The lowest BCUT2D eigenvalue weighted by atomic mass is 9.81. The molecule has 5 rings (SSSR count). The summed E-state index contributed by atoms with van der Waals surface area (Å²) in [6.45, 7) is 10.5. The lowest BCUT2D eigenvalue weighted by Gasteiger charge is -2.27. The van der Waals surface area contributed by atoms with Crippen LogP contribution in [0, 0.1) is 0 Å². The van der Waals surface area contributed by atoms with Crippen molar-refractivity contribution in [3.63, 3.8) is 0 Å². The highest BCUT2D eigenvalue weighted by molar-refractivity contribution is 7.85. The van der Waals surface area contributed by atoms with Gasteiger partial charge in [-0.25, -0.2) is 0 Å². The Morgan fingerprint density at radius 3 is 2.38 bits per heavy atom. The van der Waals surface area contributed by atoms with E-state index in [1.165, 1.54) is 29.6 Å². The van der Waals surface area contributed by atoms with Gasteiger partial charge >= 0.3 is 5.97 Å². The molecule has 3 aliphatic rings. The van der Waals surface area contributed by atoms with Crippen molar-refractivity contribution in [2.45, 2.75) is 96.3 Å². The number of esters is 1. The van der Waals surface area contributed by atoms with Crippen molar-refractivity contribution in [2.75, 3.05) is 30.9 Å². The summed E-state index contributed by atoms with van der Waals surface area (Å²) >= 11 is 7.19. The molecule has 7 nitrogen and oxygen atoms in total. The van der Waals surface area contributed by atoms with Crippen molar-refractivity contribution in [2.24, 2.45) is 0 Å². The number of ether oxygens (including phenoxy) is 1. The van der Waals surface area contributed by atoms with E-state index in [0.717, 1.165) is 72.6 Å². The lowest BCUT2D eigenvalue weighted by molar-refractivity contribution is -0.438. The summed E-state index contributed by atoms with van der Waals surface area (Å²) in [6.07, 6.45) is 15.9. The number of carbonyl (C=O) groups is 1. The summed E-state index contributed by atoms with van der Waals surface area (Å²) in [4.78, 5) is 13.9. The van der Waals surface area contributed by atoms with E-state index < -0.39 is 10.1 Å². The number of hydrogen-bond acceptors (Lipinski definition) is 5. The summed E-state index contributed by atoms with van der Waals surface area (Å²) in [6, 6.07) is 17.0. The fraction of sp³-hybridized carbons (Fsp3) is 0.463. The summed E-state index contributed by atoms with van der Waals surface area (Å²) in [5, 5.41) is 0.806. The van der Waals surface area contributed by atoms with Gasteiger partial charge in [0.05, 0.1) is 18.3 Å². The molecule has 1 N–H and O–H groups in total. The number of methoxy groups -OCH3 is 1. The third kappa shape index (κ3) is 8.35. The molecule has 0 bridgehead atoms. The van der Waals surface area contributed by atoms with Gasteiger partial charge in [0.1, 0.15) is 6.54 Å². The van der Waals surface area contributed by atoms with Gasteiger partial charge in [-0.1, -0.05) is 74.0 Å². The second-order valence-electron chi connectivity index (χ2n) is 14.6. The molecule has 0 aromatic heterocycles. The van der Waals surface area contributed by atoms with Crippen molar-refractivity contribution >= 4 is 44.8 Å². The van der Waals surface area contributed by atoms with Crippen LogP contribution in [0.15, 0.2) is 94.7 Å². The average molecular weight is 720 g/mol. The predicted octanol–water partition coefficient (Wildman–Crippen LogP) is 9.31. The molecule has 0 unspecified atom stereocenters. The zero-order valence-corrected chi connectivity index (χ0v) is 31.7. The molecule has 0 saturated heterocycles. The average Bonchev–Trinajstić information content (AvgIpc) is 3.43. The van der Waals surface area contributed by atoms with E-state index in [-0.39, 0.29) is 22.6 Å². The minimum Gasteiger partial charge on any atom is -0.469 e. The summed E-state index contributed by atoms with van der Waals surface area (Å²) in [7, 11) is -2.54. The van der Waals surface area contributed by atoms with E-state index in [1.807, 2.05) is 6.07 Å². The van der Waals surface area contributed by atoms with E-state index in [2.05, 4.69) is 104 Å². The van der Waals surface area contributed by atoms with Gasteiger partial charge in [0, 0.05) is 58.9 Å². The Labute approximate surface area is 303 Å². The van der Waals surface area contributed by atoms with E-state index in [0.29, 0.717) is 25.8 Å². The van der Waals surface area contributed by atoms with E-state index >= 15 is 0 Å². The van der Waals surface area contributed by atoms with Gasteiger partial charge in [-0.3, -0.25) is 9.35 Å². The molecule has 9 heteroatoms. The molecule has 0 saturated carbocycles. The van der Waals surface area contributed by atoms with Crippen LogP contribution < -0.4 is 4.90 Å². The first-order chi connectivity index (χ1) is 23.8. The second-order valence-corrected chi connectivity index (χ2v) is 16.6.